The van der Waals surface area contributed by atoms with E-state index in [1.165, 1.54) is 0 Å². The summed E-state index contributed by atoms with van der Waals surface area (Å²) >= 11 is 12.0. The molecule has 0 saturated heterocycles. The Hall–Kier alpha value is -3.02. The Morgan fingerprint density at radius 3 is 2.18 bits per heavy atom. The van der Waals surface area contributed by atoms with Crippen LogP contribution < -0.4 is 10.6 Å². The van der Waals surface area contributed by atoms with Crippen molar-refractivity contribution in [1.82, 2.24) is 0 Å². The number of hydrogen-bond acceptors (Lipinski definition) is 4. The minimum atomic E-state index is -0.626. The third-order valence-corrected chi connectivity index (χ3v) is 4.39. The lowest BCUT2D eigenvalue weighted by Gasteiger charge is -2.12. The van der Waals surface area contributed by atoms with Gasteiger partial charge in [0.2, 0.25) is 0 Å². The molecule has 3 aromatic rings. The van der Waals surface area contributed by atoms with E-state index in [-0.39, 0.29) is 5.69 Å². The first kappa shape index (κ1) is 19.7. The molecule has 0 aromatic heterocycles. The molecule has 0 aliphatic rings. The number of ether oxygens (including phenoxy) is 1. The predicted molar refractivity (Wildman–Crippen MR) is 112 cm³/mol. The average molecular weight is 415 g/mol. The number of carbonyl (C=O) groups excluding carboxylic acids is 2. The third-order valence-electron chi connectivity index (χ3n) is 3.76. The molecular weight excluding hydrogens is 399 g/mol. The first-order valence-electron chi connectivity index (χ1n) is 8.36. The molecule has 0 aliphatic carbocycles. The van der Waals surface area contributed by atoms with Gasteiger partial charge in [0.15, 0.2) is 6.61 Å². The summed E-state index contributed by atoms with van der Waals surface area (Å²) in [5.41, 5.74) is 2.00. The van der Waals surface area contributed by atoms with Gasteiger partial charge in [0.25, 0.3) is 5.91 Å². The molecule has 0 spiro atoms. The molecule has 2 N–H and O–H groups in total. The van der Waals surface area contributed by atoms with Gasteiger partial charge in [-0.15, -0.1) is 0 Å². The maximum atomic E-state index is 12.5. The van der Waals surface area contributed by atoms with Gasteiger partial charge in [0.05, 0.1) is 27.0 Å². The molecule has 3 aromatic carbocycles. The number of hydrogen-bond donors (Lipinski definition) is 2. The van der Waals surface area contributed by atoms with Crippen LogP contribution in [0.1, 0.15) is 10.4 Å². The number of rotatable bonds is 6. The molecule has 1 amide bonds. The molecule has 0 atom stereocenters. The quantitative estimate of drug-likeness (QED) is 0.520. The van der Waals surface area contributed by atoms with Crippen LogP contribution in [0.5, 0.6) is 0 Å². The van der Waals surface area contributed by atoms with Crippen molar-refractivity contribution in [2.24, 2.45) is 0 Å². The standard InChI is InChI=1S/C21H16Cl2N2O3/c22-16-10-6-11-17(23)20(16)25-19(26)13-28-21(27)15-9-4-5-12-18(15)24-14-7-2-1-3-8-14/h1-12,24H,13H2,(H,25,26). The van der Waals surface area contributed by atoms with Crippen molar-refractivity contribution in [3.8, 4) is 0 Å². The van der Waals surface area contributed by atoms with E-state index in [1.807, 2.05) is 30.3 Å². The smallest absolute Gasteiger partial charge is 0.340 e. The summed E-state index contributed by atoms with van der Waals surface area (Å²) in [6.45, 7) is -0.472. The fourth-order valence-corrected chi connectivity index (χ4v) is 2.94. The number of para-hydroxylation sites is 3. The van der Waals surface area contributed by atoms with Crippen molar-refractivity contribution < 1.29 is 14.3 Å². The average Bonchev–Trinajstić information content (AvgIpc) is 2.70. The Kier molecular flexibility index (Phi) is 6.53. The van der Waals surface area contributed by atoms with E-state index in [0.29, 0.717) is 21.3 Å². The van der Waals surface area contributed by atoms with E-state index in [1.54, 1.807) is 42.5 Å². The summed E-state index contributed by atoms with van der Waals surface area (Å²) in [4.78, 5) is 24.6. The number of amides is 1. The molecule has 0 radical (unpaired) electrons. The molecule has 0 heterocycles. The number of anilines is 3. The fourth-order valence-electron chi connectivity index (χ4n) is 2.45. The Labute approximate surface area is 172 Å². The van der Waals surface area contributed by atoms with Crippen LogP contribution in [0.15, 0.2) is 72.8 Å². The highest BCUT2D eigenvalue weighted by molar-refractivity contribution is 6.39. The Balaban J connectivity index is 1.64. The lowest BCUT2D eigenvalue weighted by atomic mass is 10.1. The lowest BCUT2D eigenvalue weighted by molar-refractivity contribution is -0.119. The molecule has 28 heavy (non-hydrogen) atoms. The molecular formula is C21H16Cl2N2O3. The first-order valence-corrected chi connectivity index (χ1v) is 9.12. The number of nitrogens with one attached hydrogen (secondary N) is 2. The summed E-state index contributed by atoms with van der Waals surface area (Å²) in [6.07, 6.45) is 0. The first-order chi connectivity index (χ1) is 13.5. The topological polar surface area (TPSA) is 67.4 Å². The van der Waals surface area contributed by atoms with Crippen molar-refractivity contribution in [1.29, 1.82) is 0 Å². The lowest BCUT2D eigenvalue weighted by Crippen LogP contribution is -2.21. The normalized spacial score (nSPS) is 10.2. The van der Waals surface area contributed by atoms with E-state index in [4.69, 9.17) is 27.9 Å². The van der Waals surface area contributed by atoms with Gasteiger partial charge in [-0.1, -0.05) is 59.6 Å². The summed E-state index contributed by atoms with van der Waals surface area (Å²) in [7, 11) is 0. The van der Waals surface area contributed by atoms with Gasteiger partial charge in [-0.05, 0) is 36.4 Å². The third kappa shape index (κ3) is 5.03. The van der Waals surface area contributed by atoms with E-state index in [9.17, 15) is 9.59 Å². The van der Waals surface area contributed by atoms with Crippen molar-refractivity contribution in [2.45, 2.75) is 0 Å². The monoisotopic (exact) mass is 414 g/mol. The predicted octanol–water partition coefficient (Wildman–Crippen LogP) is 5.53. The second-order valence-corrected chi connectivity index (χ2v) is 6.57. The van der Waals surface area contributed by atoms with E-state index in [0.717, 1.165) is 5.69 Å². The highest BCUT2D eigenvalue weighted by Crippen LogP contribution is 2.29. The molecule has 0 saturated carbocycles. The maximum Gasteiger partial charge on any atom is 0.340 e. The summed E-state index contributed by atoms with van der Waals surface area (Å²) in [5, 5.41) is 6.30. The highest BCUT2D eigenvalue weighted by Gasteiger charge is 2.16. The van der Waals surface area contributed by atoms with Crippen LogP contribution in [0, 0.1) is 0 Å². The van der Waals surface area contributed by atoms with Gasteiger partial charge < -0.3 is 15.4 Å². The molecule has 5 nitrogen and oxygen atoms in total. The van der Waals surface area contributed by atoms with E-state index in [2.05, 4.69) is 10.6 Å². The molecule has 0 unspecified atom stereocenters. The zero-order chi connectivity index (χ0) is 19.9. The van der Waals surface area contributed by atoms with Crippen LogP contribution >= 0.6 is 23.2 Å². The molecule has 0 fully saturated rings. The van der Waals surface area contributed by atoms with Gasteiger partial charge >= 0.3 is 5.97 Å². The van der Waals surface area contributed by atoms with Gasteiger partial charge in [-0.25, -0.2) is 4.79 Å². The second-order valence-electron chi connectivity index (χ2n) is 5.76. The van der Waals surface area contributed by atoms with Crippen LogP contribution in [0.2, 0.25) is 10.0 Å². The molecule has 7 heteroatoms. The van der Waals surface area contributed by atoms with Crippen molar-refractivity contribution in [2.75, 3.05) is 17.2 Å². The minimum Gasteiger partial charge on any atom is -0.452 e. The largest absolute Gasteiger partial charge is 0.452 e. The zero-order valence-electron chi connectivity index (χ0n) is 14.6. The highest BCUT2D eigenvalue weighted by atomic mass is 35.5. The van der Waals surface area contributed by atoms with Crippen LogP contribution in [-0.2, 0) is 9.53 Å². The van der Waals surface area contributed by atoms with Gasteiger partial charge in [-0.3, -0.25) is 4.79 Å². The number of esters is 1. The van der Waals surface area contributed by atoms with Gasteiger partial charge in [0.1, 0.15) is 0 Å². The Morgan fingerprint density at radius 2 is 1.46 bits per heavy atom. The van der Waals surface area contributed by atoms with Crippen LogP contribution in [0.4, 0.5) is 17.1 Å². The van der Waals surface area contributed by atoms with Crippen LogP contribution in [0.25, 0.3) is 0 Å². The maximum absolute atomic E-state index is 12.5. The van der Waals surface area contributed by atoms with Gasteiger partial charge in [0, 0.05) is 5.69 Å². The molecule has 0 aliphatic heterocycles. The summed E-state index contributed by atoms with van der Waals surface area (Å²) in [6, 6.07) is 21.2. The molecule has 0 bridgehead atoms. The molecule has 142 valence electrons. The minimum absolute atomic E-state index is 0.276. The summed E-state index contributed by atoms with van der Waals surface area (Å²) in [5.74, 6) is -1.17. The van der Waals surface area contributed by atoms with E-state index < -0.39 is 18.5 Å². The summed E-state index contributed by atoms with van der Waals surface area (Å²) < 4.78 is 5.14. The van der Waals surface area contributed by atoms with Crippen molar-refractivity contribution >= 4 is 52.1 Å². The van der Waals surface area contributed by atoms with Crippen molar-refractivity contribution in [3.63, 3.8) is 0 Å². The number of carbonyl (C=O) groups is 2. The SMILES string of the molecule is O=C(COC(=O)c1ccccc1Nc1ccccc1)Nc1c(Cl)cccc1Cl. The van der Waals surface area contributed by atoms with Crippen LogP contribution in [-0.4, -0.2) is 18.5 Å². The van der Waals surface area contributed by atoms with E-state index >= 15 is 0 Å². The van der Waals surface area contributed by atoms with Crippen molar-refractivity contribution in [3.05, 3.63) is 88.4 Å². The fraction of sp³-hybridized carbons (Fsp3) is 0.0476. The molecule has 3 rings (SSSR count). The van der Waals surface area contributed by atoms with Crippen LogP contribution in [0.3, 0.4) is 0 Å². The second kappa shape index (κ2) is 9.26. The Morgan fingerprint density at radius 1 is 0.821 bits per heavy atom. The zero-order valence-corrected chi connectivity index (χ0v) is 16.1. The number of benzene rings is 3. The van der Waals surface area contributed by atoms with Gasteiger partial charge in [-0.2, -0.15) is 0 Å². The number of halogens is 2. The Bertz CT molecular complexity index is 974.